The molecule has 0 aromatic heterocycles. The Morgan fingerprint density at radius 2 is 1.92 bits per heavy atom. The molecule has 3 N–H and O–H groups in total. The molecule has 150 valence electrons. The van der Waals surface area contributed by atoms with E-state index in [0.717, 1.165) is 19.5 Å². The molecule has 0 aliphatic carbocycles. The first-order chi connectivity index (χ1) is 12.0. The minimum absolute atomic E-state index is 0. The number of nitrogens with one attached hydrogen (secondary N) is 2. The van der Waals surface area contributed by atoms with Gasteiger partial charge in [0.05, 0.1) is 20.8 Å². The van der Waals surface area contributed by atoms with Crippen LogP contribution in [-0.4, -0.2) is 44.9 Å². The summed E-state index contributed by atoms with van der Waals surface area (Å²) in [5.41, 5.74) is 0.668. The molecule has 0 fully saturated rings. The number of hydrogen-bond donors (Lipinski definition) is 3. The molecule has 1 atom stereocenters. The number of methoxy groups -OCH3 is 2. The van der Waals surface area contributed by atoms with Gasteiger partial charge in [0.25, 0.3) is 0 Å². The van der Waals surface area contributed by atoms with Crippen LogP contribution in [-0.2, 0) is 0 Å². The number of halogens is 1. The number of rotatable bonds is 10. The second kappa shape index (κ2) is 13.9. The number of aliphatic hydroxyl groups is 1. The van der Waals surface area contributed by atoms with E-state index in [1.165, 1.54) is 6.42 Å². The van der Waals surface area contributed by atoms with E-state index in [0.29, 0.717) is 28.9 Å². The lowest BCUT2D eigenvalue weighted by Crippen LogP contribution is -2.38. The van der Waals surface area contributed by atoms with Gasteiger partial charge in [0.1, 0.15) is 17.6 Å². The highest BCUT2D eigenvalue weighted by molar-refractivity contribution is 14.0. The second-order valence-electron chi connectivity index (χ2n) is 6.31. The Morgan fingerprint density at radius 3 is 2.50 bits per heavy atom. The number of hydrogen-bond acceptors (Lipinski definition) is 4. The van der Waals surface area contributed by atoms with Crippen LogP contribution in [0, 0.1) is 5.92 Å². The van der Waals surface area contributed by atoms with E-state index in [9.17, 15) is 5.11 Å². The molecule has 0 radical (unpaired) electrons. The zero-order chi connectivity index (χ0) is 18.7. The fraction of sp³-hybridized carbons (Fsp3) is 0.632. The van der Waals surface area contributed by atoms with Crippen LogP contribution in [0.15, 0.2) is 23.2 Å². The largest absolute Gasteiger partial charge is 0.497 e. The monoisotopic (exact) mass is 479 g/mol. The third-order valence-corrected chi connectivity index (χ3v) is 3.81. The number of aliphatic hydroxyl groups excluding tert-OH is 1. The van der Waals surface area contributed by atoms with Gasteiger partial charge in [0, 0.05) is 18.7 Å². The molecule has 1 unspecified atom stereocenters. The number of guanidine groups is 1. The highest BCUT2D eigenvalue weighted by Crippen LogP contribution is 2.29. The molecule has 26 heavy (non-hydrogen) atoms. The number of nitrogens with zero attached hydrogens (tertiary/aromatic N) is 1. The number of ether oxygens (including phenoxy) is 2. The van der Waals surface area contributed by atoms with Gasteiger partial charge in [-0.3, -0.25) is 4.99 Å². The lowest BCUT2D eigenvalue weighted by atomic mass is 10.1. The summed E-state index contributed by atoms with van der Waals surface area (Å²) < 4.78 is 10.6. The Labute approximate surface area is 174 Å². The van der Waals surface area contributed by atoms with Gasteiger partial charge in [0.2, 0.25) is 0 Å². The number of benzene rings is 1. The third-order valence-electron chi connectivity index (χ3n) is 3.81. The average Bonchev–Trinajstić information content (AvgIpc) is 2.61. The van der Waals surface area contributed by atoms with Crippen LogP contribution < -0.4 is 20.1 Å². The SMILES string of the molecule is CCNC(=NCC(O)c1cc(OC)ccc1OC)NCCCC(C)C.I. The molecule has 0 bridgehead atoms. The summed E-state index contributed by atoms with van der Waals surface area (Å²) in [6, 6.07) is 5.37. The second-order valence-corrected chi connectivity index (χ2v) is 6.31. The van der Waals surface area contributed by atoms with Crippen LogP contribution in [0.1, 0.15) is 45.3 Å². The van der Waals surface area contributed by atoms with E-state index < -0.39 is 6.10 Å². The maximum absolute atomic E-state index is 10.5. The highest BCUT2D eigenvalue weighted by Gasteiger charge is 2.14. The molecule has 0 amide bonds. The zero-order valence-corrected chi connectivity index (χ0v) is 18.9. The van der Waals surface area contributed by atoms with Crippen molar-refractivity contribution in [3.8, 4) is 11.5 Å². The van der Waals surface area contributed by atoms with Crippen molar-refractivity contribution in [3.05, 3.63) is 23.8 Å². The van der Waals surface area contributed by atoms with Gasteiger partial charge in [-0.25, -0.2) is 0 Å². The average molecular weight is 479 g/mol. The molecule has 0 spiro atoms. The summed E-state index contributed by atoms with van der Waals surface area (Å²) in [7, 11) is 3.18. The Balaban J connectivity index is 0.00000625. The van der Waals surface area contributed by atoms with E-state index in [1.54, 1.807) is 32.4 Å². The predicted molar refractivity (Wildman–Crippen MR) is 118 cm³/mol. The van der Waals surface area contributed by atoms with Crippen molar-refractivity contribution in [2.45, 2.75) is 39.7 Å². The van der Waals surface area contributed by atoms with Gasteiger partial charge >= 0.3 is 0 Å². The predicted octanol–water partition coefficient (Wildman–Crippen LogP) is 3.35. The minimum atomic E-state index is -0.767. The summed E-state index contributed by atoms with van der Waals surface area (Å²) in [6.07, 6.45) is 1.50. The summed E-state index contributed by atoms with van der Waals surface area (Å²) in [6.45, 7) is 8.33. The van der Waals surface area contributed by atoms with Gasteiger partial charge in [-0.2, -0.15) is 0 Å². The van der Waals surface area contributed by atoms with Crippen LogP contribution in [0.25, 0.3) is 0 Å². The molecule has 0 saturated heterocycles. The molecule has 6 nitrogen and oxygen atoms in total. The molecular weight excluding hydrogens is 445 g/mol. The van der Waals surface area contributed by atoms with Crippen molar-refractivity contribution < 1.29 is 14.6 Å². The van der Waals surface area contributed by atoms with E-state index in [1.807, 2.05) is 6.92 Å². The van der Waals surface area contributed by atoms with Crippen LogP contribution in [0.3, 0.4) is 0 Å². The molecule has 0 heterocycles. The lowest BCUT2D eigenvalue weighted by molar-refractivity contribution is 0.182. The molecule has 1 aromatic rings. The van der Waals surface area contributed by atoms with Crippen LogP contribution in [0.2, 0.25) is 0 Å². The molecule has 0 aliphatic rings. The molecule has 0 saturated carbocycles. The van der Waals surface area contributed by atoms with E-state index in [2.05, 4.69) is 29.5 Å². The topological polar surface area (TPSA) is 75.1 Å². The van der Waals surface area contributed by atoms with Crippen LogP contribution >= 0.6 is 24.0 Å². The van der Waals surface area contributed by atoms with Gasteiger partial charge < -0.3 is 25.2 Å². The van der Waals surface area contributed by atoms with Crippen molar-refractivity contribution in [3.63, 3.8) is 0 Å². The molecule has 0 aliphatic heterocycles. The lowest BCUT2D eigenvalue weighted by Gasteiger charge is -2.16. The van der Waals surface area contributed by atoms with Crippen molar-refractivity contribution in [1.29, 1.82) is 0 Å². The molecular formula is C19H34IN3O3. The van der Waals surface area contributed by atoms with Gasteiger partial charge in [-0.1, -0.05) is 13.8 Å². The standard InChI is InChI=1S/C19H33N3O3.HI/c1-6-20-19(21-11-7-8-14(2)3)22-13-17(23)16-12-15(24-4)9-10-18(16)25-5;/h9-10,12,14,17,23H,6-8,11,13H2,1-5H3,(H2,20,21,22);1H. The third kappa shape index (κ3) is 8.93. The summed E-state index contributed by atoms with van der Waals surface area (Å²) in [5, 5.41) is 17.0. The van der Waals surface area contributed by atoms with Gasteiger partial charge in [0.15, 0.2) is 5.96 Å². The Morgan fingerprint density at radius 1 is 1.19 bits per heavy atom. The minimum Gasteiger partial charge on any atom is -0.497 e. The van der Waals surface area contributed by atoms with E-state index in [-0.39, 0.29) is 30.5 Å². The fourth-order valence-corrected chi connectivity index (χ4v) is 2.43. The van der Waals surface area contributed by atoms with E-state index >= 15 is 0 Å². The fourth-order valence-electron chi connectivity index (χ4n) is 2.43. The first-order valence-electron chi connectivity index (χ1n) is 8.93. The summed E-state index contributed by atoms with van der Waals surface area (Å²) in [4.78, 5) is 4.49. The Hall–Kier alpha value is -1.22. The molecule has 1 rings (SSSR count). The van der Waals surface area contributed by atoms with E-state index in [4.69, 9.17) is 9.47 Å². The smallest absolute Gasteiger partial charge is 0.191 e. The summed E-state index contributed by atoms with van der Waals surface area (Å²) in [5.74, 6) is 2.71. The Bertz CT molecular complexity index is 539. The quantitative estimate of drug-likeness (QED) is 0.208. The Kier molecular flexibility index (Phi) is 13.3. The maximum atomic E-state index is 10.5. The normalized spacial score (nSPS) is 12.3. The van der Waals surface area contributed by atoms with Crippen LogP contribution in [0.4, 0.5) is 0 Å². The van der Waals surface area contributed by atoms with Crippen molar-refractivity contribution in [2.24, 2.45) is 10.9 Å². The van der Waals surface area contributed by atoms with Gasteiger partial charge in [-0.15, -0.1) is 24.0 Å². The summed E-state index contributed by atoms with van der Waals surface area (Å²) >= 11 is 0. The number of aliphatic imine (C=N–C) groups is 1. The maximum Gasteiger partial charge on any atom is 0.191 e. The molecule has 1 aromatic carbocycles. The first-order valence-corrected chi connectivity index (χ1v) is 8.93. The first kappa shape index (κ1) is 24.8. The van der Waals surface area contributed by atoms with Crippen LogP contribution in [0.5, 0.6) is 11.5 Å². The highest BCUT2D eigenvalue weighted by atomic mass is 127. The zero-order valence-electron chi connectivity index (χ0n) is 16.5. The van der Waals surface area contributed by atoms with Crippen molar-refractivity contribution >= 4 is 29.9 Å². The van der Waals surface area contributed by atoms with Crippen molar-refractivity contribution in [1.82, 2.24) is 10.6 Å². The van der Waals surface area contributed by atoms with Gasteiger partial charge in [-0.05, 0) is 43.9 Å². The van der Waals surface area contributed by atoms with Crippen molar-refractivity contribution in [2.75, 3.05) is 33.9 Å². The molecule has 7 heteroatoms.